The smallest absolute Gasteiger partial charge is 0.262 e. The topological polar surface area (TPSA) is 49.9 Å². The van der Waals surface area contributed by atoms with Gasteiger partial charge in [0.25, 0.3) is 5.91 Å². The molecule has 0 saturated carbocycles. The number of rotatable bonds is 5. The van der Waals surface area contributed by atoms with Gasteiger partial charge in [0.2, 0.25) is 5.91 Å². The van der Waals surface area contributed by atoms with Gasteiger partial charge in [0, 0.05) is 0 Å². The lowest BCUT2D eigenvalue weighted by atomic mass is 9.90. The standard InChI is InChI=1S/C26H24N2O3/c1-2-18-13-15-20(16-14-18)23-22-24(31-28(23)21-11-7-4-8-12-21)26(30)27(25(22)29)17-19-9-5-3-6-10-19/h3-16,22-24H,2,17H2,1H3/t22-,23-,24-/m1/s1. The number of hydroxylamine groups is 1. The van der Waals surface area contributed by atoms with Crippen LogP contribution in [0.15, 0.2) is 84.9 Å². The average Bonchev–Trinajstić information content (AvgIpc) is 3.32. The van der Waals surface area contributed by atoms with Crippen LogP contribution in [0.4, 0.5) is 5.69 Å². The van der Waals surface area contributed by atoms with Gasteiger partial charge < -0.3 is 0 Å². The Labute approximate surface area is 181 Å². The summed E-state index contributed by atoms with van der Waals surface area (Å²) in [5, 5.41) is 1.74. The predicted octanol–water partition coefficient (Wildman–Crippen LogP) is 4.30. The minimum absolute atomic E-state index is 0.179. The number of likely N-dealkylation sites (tertiary alicyclic amines) is 1. The zero-order valence-electron chi connectivity index (χ0n) is 17.3. The number of carbonyl (C=O) groups is 2. The van der Waals surface area contributed by atoms with E-state index in [4.69, 9.17) is 4.84 Å². The van der Waals surface area contributed by atoms with Crippen LogP contribution in [0, 0.1) is 5.92 Å². The number of hydrogen-bond acceptors (Lipinski definition) is 4. The van der Waals surface area contributed by atoms with Crippen LogP contribution in [0.25, 0.3) is 0 Å². The third-order valence-corrected chi connectivity index (χ3v) is 6.13. The van der Waals surface area contributed by atoms with Crippen molar-refractivity contribution in [3.8, 4) is 0 Å². The first-order valence-corrected chi connectivity index (χ1v) is 10.7. The first kappa shape index (κ1) is 19.5. The number of nitrogens with zero attached hydrogens (tertiary/aromatic N) is 2. The van der Waals surface area contributed by atoms with Crippen molar-refractivity contribution < 1.29 is 14.4 Å². The van der Waals surface area contributed by atoms with Crippen LogP contribution < -0.4 is 5.06 Å². The van der Waals surface area contributed by atoms with E-state index in [9.17, 15) is 9.59 Å². The maximum absolute atomic E-state index is 13.5. The lowest BCUT2D eigenvalue weighted by molar-refractivity contribution is -0.143. The van der Waals surface area contributed by atoms with E-state index >= 15 is 0 Å². The van der Waals surface area contributed by atoms with Crippen LogP contribution >= 0.6 is 0 Å². The molecule has 2 aliphatic rings. The van der Waals surface area contributed by atoms with Crippen molar-refractivity contribution in [1.82, 2.24) is 4.90 Å². The summed E-state index contributed by atoms with van der Waals surface area (Å²) in [6.07, 6.45) is 0.130. The zero-order chi connectivity index (χ0) is 21.4. The number of fused-ring (bicyclic) bond motifs is 1. The molecule has 2 saturated heterocycles. The molecule has 2 heterocycles. The Bertz CT molecular complexity index is 1080. The third kappa shape index (κ3) is 3.41. The highest BCUT2D eigenvalue weighted by molar-refractivity contribution is 6.07. The van der Waals surface area contributed by atoms with Gasteiger partial charge in [-0.05, 0) is 35.2 Å². The minimum atomic E-state index is -0.813. The van der Waals surface area contributed by atoms with E-state index in [1.165, 1.54) is 10.5 Å². The summed E-state index contributed by atoms with van der Waals surface area (Å²) in [5.41, 5.74) is 3.95. The van der Waals surface area contributed by atoms with Gasteiger partial charge >= 0.3 is 0 Å². The van der Waals surface area contributed by atoms with E-state index in [2.05, 4.69) is 19.1 Å². The Morgan fingerprint density at radius 1 is 0.774 bits per heavy atom. The van der Waals surface area contributed by atoms with Gasteiger partial charge in [0.15, 0.2) is 6.10 Å². The molecule has 3 aromatic rings. The van der Waals surface area contributed by atoms with Gasteiger partial charge in [-0.2, -0.15) is 0 Å². The molecule has 2 aliphatic heterocycles. The first-order chi connectivity index (χ1) is 15.2. The largest absolute Gasteiger partial charge is 0.275 e. The number of benzene rings is 3. The van der Waals surface area contributed by atoms with Crippen molar-refractivity contribution in [2.24, 2.45) is 5.92 Å². The molecule has 3 aromatic carbocycles. The highest BCUT2D eigenvalue weighted by atomic mass is 16.7. The average molecular weight is 412 g/mol. The molecule has 3 atom stereocenters. The fourth-order valence-electron chi connectivity index (χ4n) is 4.48. The summed E-state index contributed by atoms with van der Waals surface area (Å²) in [5.74, 6) is -1.03. The summed E-state index contributed by atoms with van der Waals surface area (Å²) < 4.78 is 0. The van der Waals surface area contributed by atoms with Crippen LogP contribution in [-0.2, 0) is 27.4 Å². The second kappa shape index (κ2) is 8.00. The van der Waals surface area contributed by atoms with E-state index in [1.54, 1.807) is 5.06 Å². The maximum Gasteiger partial charge on any atom is 0.262 e. The summed E-state index contributed by atoms with van der Waals surface area (Å²) in [6, 6.07) is 27.1. The highest BCUT2D eigenvalue weighted by Gasteiger charge is 2.59. The quantitative estimate of drug-likeness (QED) is 0.587. The Morgan fingerprint density at radius 3 is 2.06 bits per heavy atom. The molecule has 5 nitrogen and oxygen atoms in total. The van der Waals surface area contributed by atoms with Gasteiger partial charge in [-0.25, -0.2) is 5.06 Å². The molecule has 2 fully saturated rings. The number of para-hydroxylation sites is 1. The lowest BCUT2D eigenvalue weighted by Crippen LogP contribution is -2.36. The third-order valence-electron chi connectivity index (χ3n) is 6.13. The molecule has 0 unspecified atom stereocenters. The summed E-state index contributed by atoms with van der Waals surface area (Å²) >= 11 is 0. The van der Waals surface area contributed by atoms with Crippen LogP contribution in [0.1, 0.15) is 29.7 Å². The predicted molar refractivity (Wildman–Crippen MR) is 118 cm³/mol. The SMILES string of the molecule is CCc1ccc([C@@H]2[C@H]3C(=O)N(Cc4ccccc4)C(=O)[C@@H]3ON2c2ccccc2)cc1. The number of imide groups is 1. The van der Waals surface area contributed by atoms with E-state index in [0.29, 0.717) is 0 Å². The lowest BCUT2D eigenvalue weighted by Gasteiger charge is -2.29. The fourth-order valence-corrected chi connectivity index (χ4v) is 4.48. The molecular formula is C26H24N2O3. The molecule has 156 valence electrons. The second-order valence-corrected chi connectivity index (χ2v) is 8.00. The molecule has 31 heavy (non-hydrogen) atoms. The molecular weight excluding hydrogens is 388 g/mol. The number of hydrogen-bond donors (Lipinski definition) is 0. The Kier molecular flexibility index (Phi) is 5.04. The monoisotopic (exact) mass is 412 g/mol. The number of amides is 2. The van der Waals surface area contributed by atoms with E-state index in [-0.39, 0.29) is 24.4 Å². The molecule has 0 spiro atoms. The first-order valence-electron chi connectivity index (χ1n) is 10.7. The molecule has 0 bridgehead atoms. The van der Waals surface area contributed by atoms with E-state index in [1.807, 2.05) is 72.8 Å². The summed E-state index contributed by atoms with van der Waals surface area (Å²) in [6.45, 7) is 2.38. The van der Waals surface area contributed by atoms with Crippen molar-refractivity contribution in [2.75, 3.05) is 5.06 Å². The van der Waals surface area contributed by atoms with E-state index < -0.39 is 12.0 Å². The van der Waals surface area contributed by atoms with Gasteiger partial charge in [-0.1, -0.05) is 79.7 Å². The van der Waals surface area contributed by atoms with Gasteiger partial charge in [0.1, 0.15) is 5.92 Å². The number of anilines is 1. The normalized spacial score (nSPS) is 22.8. The van der Waals surface area contributed by atoms with Crippen LogP contribution in [0.3, 0.4) is 0 Å². The molecule has 0 radical (unpaired) electrons. The van der Waals surface area contributed by atoms with E-state index in [0.717, 1.165) is 23.2 Å². The van der Waals surface area contributed by atoms with Gasteiger partial charge in [0.05, 0.1) is 18.3 Å². The number of carbonyl (C=O) groups excluding carboxylic acids is 2. The van der Waals surface area contributed by atoms with Gasteiger partial charge in [-0.15, -0.1) is 0 Å². The molecule has 0 aliphatic carbocycles. The maximum atomic E-state index is 13.5. The molecule has 5 heteroatoms. The Morgan fingerprint density at radius 2 is 1.42 bits per heavy atom. The fraction of sp³-hybridized carbons (Fsp3) is 0.231. The van der Waals surface area contributed by atoms with Crippen molar-refractivity contribution in [2.45, 2.75) is 32.0 Å². The minimum Gasteiger partial charge on any atom is -0.275 e. The van der Waals surface area contributed by atoms with Gasteiger partial charge in [-0.3, -0.25) is 19.3 Å². The molecule has 2 amide bonds. The van der Waals surface area contributed by atoms with Crippen molar-refractivity contribution >= 4 is 17.5 Å². The van der Waals surface area contributed by atoms with Crippen molar-refractivity contribution in [3.05, 3.63) is 102 Å². The number of aryl methyl sites for hydroxylation is 1. The summed E-state index contributed by atoms with van der Waals surface area (Å²) in [4.78, 5) is 34.2. The second-order valence-electron chi connectivity index (χ2n) is 8.00. The Hall–Kier alpha value is -3.44. The highest BCUT2D eigenvalue weighted by Crippen LogP contribution is 2.46. The van der Waals surface area contributed by atoms with Crippen LogP contribution in [0.2, 0.25) is 0 Å². The molecule has 0 N–H and O–H groups in total. The molecule has 5 rings (SSSR count). The van der Waals surface area contributed by atoms with Crippen LogP contribution in [-0.4, -0.2) is 22.8 Å². The summed E-state index contributed by atoms with van der Waals surface area (Å²) in [7, 11) is 0. The van der Waals surface area contributed by atoms with Crippen molar-refractivity contribution in [3.63, 3.8) is 0 Å². The zero-order valence-corrected chi connectivity index (χ0v) is 17.3. The molecule has 0 aromatic heterocycles. The van der Waals surface area contributed by atoms with Crippen molar-refractivity contribution in [1.29, 1.82) is 0 Å². The van der Waals surface area contributed by atoms with Crippen LogP contribution in [0.5, 0.6) is 0 Å². The Balaban J connectivity index is 1.52.